The molecule has 2 aliphatic rings. The second kappa shape index (κ2) is 4.63. The van der Waals surface area contributed by atoms with Crippen LogP contribution in [0.15, 0.2) is 12.1 Å². The third-order valence-corrected chi connectivity index (χ3v) is 5.19. The molecule has 1 amide bonds. The van der Waals surface area contributed by atoms with E-state index in [1.54, 1.807) is 16.2 Å². The van der Waals surface area contributed by atoms with Crippen molar-refractivity contribution < 1.29 is 14.7 Å². The Hall–Kier alpha value is -1.36. The summed E-state index contributed by atoms with van der Waals surface area (Å²) in [5.41, 5.74) is 0. The van der Waals surface area contributed by atoms with Crippen LogP contribution in [0.5, 0.6) is 0 Å². The van der Waals surface area contributed by atoms with E-state index in [1.165, 1.54) is 9.75 Å². The fourth-order valence-electron chi connectivity index (χ4n) is 2.94. The Balaban J connectivity index is 1.68. The van der Waals surface area contributed by atoms with Gasteiger partial charge in [-0.25, -0.2) is 4.79 Å². The number of carboxylic acids is 1. The summed E-state index contributed by atoms with van der Waals surface area (Å²) in [6, 6.07) is 3.57. The molecule has 0 unspecified atom stereocenters. The molecule has 0 bridgehead atoms. The maximum absolute atomic E-state index is 12.4. The number of carbonyl (C=O) groups is 2. The molecule has 19 heavy (non-hydrogen) atoms. The van der Waals surface area contributed by atoms with E-state index < -0.39 is 12.0 Å². The summed E-state index contributed by atoms with van der Waals surface area (Å²) in [6.07, 6.45) is 2.27. The highest BCUT2D eigenvalue weighted by molar-refractivity contribution is 7.12. The summed E-state index contributed by atoms with van der Waals surface area (Å²) in [7, 11) is 0. The molecule has 1 aliphatic carbocycles. The number of nitrogens with zero attached hydrogens (tertiary/aromatic N) is 1. The van der Waals surface area contributed by atoms with Crippen molar-refractivity contribution >= 4 is 23.2 Å². The van der Waals surface area contributed by atoms with Crippen LogP contribution in [-0.2, 0) is 9.59 Å². The number of aliphatic carboxylic acids is 1. The van der Waals surface area contributed by atoms with Crippen molar-refractivity contribution in [3.63, 3.8) is 0 Å². The van der Waals surface area contributed by atoms with Gasteiger partial charge in [0.2, 0.25) is 5.91 Å². The summed E-state index contributed by atoms with van der Waals surface area (Å²) < 4.78 is 0. The van der Waals surface area contributed by atoms with Gasteiger partial charge in [0, 0.05) is 28.1 Å². The average molecular weight is 279 g/mol. The topological polar surface area (TPSA) is 57.6 Å². The van der Waals surface area contributed by atoms with Crippen molar-refractivity contribution in [3.8, 4) is 0 Å². The number of hydrogen-bond acceptors (Lipinski definition) is 3. The predicted molar refractivity (Wildman–Crippen MR) is 72.3 cm³/mol. The maximum Gasteiger partial charge on any atom is 0.326 e. The number of hydrogen-bond donors (Lipinski definition) is 1. The van der Waals surface area contributed by atoms with E-state index in [0.29, 0.717) is 18.9 Å². The predicted octanol–water partition coefficient (Wildman–Crippen LogP) is 2.24. The minimum Gasteiger partial charge on any atom is -0.480 e. The van der Waals surface area contributed by atoms with E-state index in [4.69, 9.17) is 5.11 Å². The van der Waals surface area contributed by atoms with E-state index in [9.17, 15) is 9.59 Å². The number of aryl methyl sites for hydroxylation is 1. The van der Waals surface area contributed by atoms with E-state index in [0.717, 1.165) is 12.8 Å². The first kappa shape index (κ1) is 12.7. The standard InChI is InChI=1S/C14H17NO3S/c1-8-4-5-12(19-8)9-7-10(9)13(16)15-6-2-3-11(15)14(17)18/h4-5,9-11H,2-3,6-7H2,1H3,(H,17,18)/t9-,10+,11+/m1/s1. The number of thiophene rings is 1. The quantitative estimate of drug-likeness (QED) is 0.923. The summed E-state index contributed by atoms with van der Waals surface area (Å²) in [5.74, 6) is -0.491. The molecule has 102 valence electrons. The number of carboxylic acid groups (broad SMARTS) is 1. The minimum absolute atomic E-state index is 0.0120. The zero-order chi connectivity index (χ0) is 13.6. The molecule has 1 aliphatic heterocycles. The molecule has 0 radical (unpaired) electrons. The zero-order valence-corrected chi connectivity index (χ0v) is 11.7. The summed E-state index contributed by atoms with van der Waals surface area (Å²) in [4.78, 5) is 27.6. The lowest BCUT2D eigenvalue weighted by Gasteiger charge is -2.21. The van der Waals surface area contributed by atoms with Crippen LogP contribution in [0.2, 0.25) is 0 Å². The Labute approximate surface area is 116 Å². The third-order valence-electron chi connectivity index (χ3n) is 4.06. The Morgan fingerprint density at radius 2 is 2.21 bits per heavy atom. The molecule has 1 aromatic heterocycles. The number of carbonyl (C=O) groups excluding carboxylic acids is 1. The second-order valence-electron chi connectivity index (χ2n) is 5.42. The molecule has 2 heterocycles. The monoisotopic (exact) mass is 279 g/mol. The van der Waals surface area contributed by atoms with Crippen molar-refractivity contribution in [1.82, 2.24) is 4.90 Å². The molecular weight excluding hydrogens is 262 g/mol. The van der Waals surface area contributed by atoms with Crippen LogP contribution in [0, 0.1) is 12.8 Å². The van der Waals surface area contributed by atoms with Gasteiger partial charge in [-0.15, -0.1) is 11.3 Å². The third kappa shape index (κ3) is 2.27. The highest BCUT2D eigenvalue weighted by Gasteiger charge is 2.49. The zero-order valence-electron chi connectivity index (χ0n) is 10.8. The Morgan fingerprint density at radius 1 is 1.42 bits per heavy atom. The lowest BCUT2D eigenvalue weighted by Crippen LogP contribution is -2.41. The Bertz CT molecular complexity index is 525. The minimum atomic E-state index is -0.866. The van der Waals surface area contributed by atoms with Crippen LogP contribution in [0.1, 0.15) is 34.9 Å². The summed E-state index contributed by atoms with van der Waals surface area (Å²) in [5, 5.41) is 9.13. The number of likely N-dealkylation sites (tertiary alicyclic amines) is 1. The second-order valence-corrected chi connectivity index (χ2v) is 6.74. The van der Waals surface area contributed by atoms with Gasteiger partial charge in [0.1, 0.15) is 6.04 Å². The van der Waals surface area contributed by atoms with Crippen LogP contribution in [0.3, 0.4) is 0 Å². The van der Waals surface area contributed by atoms with Gasteiger partial charge in [-0.1, -0.05) is 0 Å². The van der Waals surface area contributed by atoms with Gasteiger partial charge in [0.25, 0.3) is 0 Å². The van der Waals surface area contributed by atoms with Crippen molar-refractivity contribution in [1.29, 1.82) is 0 Å². The van der Waals surface area contributed by atoms with Gasteiger partial charge in [-0.3, -0.25) is 4.79 Å². The number of amides is 1. The van der Waals surface area contributed by atoms with Crippen molar-refractivity contribution in [2.45, 2.75) is 38.1 Å². The number of rotatable bonds is 3. The molecule has 2 fully saturated rings. The van der Waals surface area contributed by atoms with Crippen molar-refractivity contribution in [2.75, 3.05) is 6.54 Å². The highest BCUT2D eigenvalue weighted by Crippen LogP contribution is 2.51. The summed E-state index contributed by atoms with van der Waals surface area (Å²) in [6.45, 7) is 2.66. The SMILES string of the molecule is Cc1ccc([C@@H]2C[C@@H]2C(=O)N2CCC[C@H]2C(=O)O)s1. The van der Waals surface area contributed by atoms with Crippen molar-refractivity contribution in [3.05, 3.63) is 21.9 Å². The van der Waals surface area contributed by atoms with Gasteiger partial charge in [-0.2, -0.15) is 0 Å². The van der Waals surface area contributed by atoms with Gasteiger partial charge in [0.15, 0.2) is 0 Å². The first-order valence-electron chi connectivity index (χ1n) is 6.67. The van der Waals surface area contributed by atoms with Crippen LogP contribution < -0.4 is 0 Å². The highest BCUT2D eigenvalue weighted by atomic mass is 32.1. The van der Waals surface area contributed by atoms with E-state index in [-0.39, 0.29) is 11.8 Å². The van der Waals surface area contributed by atoms with Crippen LogP contribution in [0.25, 0.3) is 0 Å². The first-order chi connectivity index (χ1) is 9.08. The van der Waals surface area contributed by atoms with E-state index in [2.05, 4.69) is 19.1 Å². The molecule has 5 heteroatoms. The molecule has 1 saturated heterocycles. The Kier molecular flexibility index (Phi) is 3.09. The molecule has 1 aromatic rings. The average Bonchev–Trinajstić information content (AvgIpc) is 2.82. The molecule has 0 spiro atoms. The van der Waals surface area contributed by atoms with Gasteiger partial charge in [0.05, 0.1) is 0 Å². The maximum atomic E-state index is 12.4. The molecule has 4 nitrogen and oxygen atoms in total. The molecular formula is C14H17NO3S. The normalized spacial score (nSPS) is 29.5. The molecule has 3 rings (SSSR count). The van der Waals surface area contributed by atoms with Gasteiger partial charge >= 0.3 is 5.97 Å². The summed E-state index contributed by atoms with van der Waals surface area (Å²) >= 11 is 1.74. The van der Waals surface area contributed by atoms with Crippen molar-refractivity contribution in [2.24, 2.45) is 5.92 Å². The van der Waals surface area contributed by atoms with Gasteiger partial charge in [-0.05, 0) is 38.3 Å². The smallest absolute Gasteiger partial charge is 0.326 e. The van der Waals surface area contributed by atoms with Crippen LogP contribution in [0.4, 0.5) is 0 Å². The molecule has 1 N–H and O–H groups in total. The van der Waals surface area contributed by atoms with Crippen LogP contribution in [-0.4, -0.2) is 34.5 Å². The fourth-order valence-corrected chi connectivity index (χ4v) is 3.99. The Morgan fingerprint density at radius 3 is 2.84 bits per heavy atom. The fraction of sp³-hybridized carbons (Fsp3) is 0.571. The van der Waals surface area contributed by atoms with E-state index in [1.807, 2.05) is 0 Å². The lowest BCUT2D eigenvalue weighted by molar-refractivity contribution is -0.148. The molecule has 3 atom stereocenters. The van der Waals surface area contributed by atoms with Gasteiger partial charge < -0.3 is 10.0 Å². The van der Waals surface area contributed by atoms with Crippen LogP contribution >= 0.6 is 11.3 Å². The largest absolute Gasteiger partial charge is 0.480 e. The molecule has 1 saturated carbocycles. The first-order valence-corrected chi connectivity index (χ1v) is 7.49. The van der Waals surface area contributed by atoms with E-state index >= 15 is 0 Å². The molecule has 0 aromatic carbocycles. The lowest BCUT2D eigenvalue weighted by atomic mass is 10.2.